The van der Waals surface area contributed by atoms with E-state index in [1.807, 2.05) is 46.3 Å². The van der Waals surface area contributed by atoms with Crippen LogP contribution in [0.15, 0.2) is 35.0 Å². The summed E-state index contributed by atoms with van der Waals surface area (Å²) in [4.78, 5) is 16.1. The molecule has 0 bridgehead atoms. The summed E-state index contributed by atoms with van der Waals surface area (Å²) in [6, 6.07) is 16.5. The van der Waals surface area contributed by atoms with Crippen molar-refractivity contribution in [3.8, 4) is 19.5 Å². The quantitative estimate of drug-likeness (QED) is 0.0476. The van der Waals surface area contributed by atoms with Gasteiger partial charge in [0.15, 0.2) is 0 Å². The summed E-state index contributed by atoms with van der Waals surface area (Å²) in [6.45, 7) is 31.5. The first-order valence-corrected chi connectivity index (χ1v) is 46.3. The molecule has 4 aromatic heterocycles. The van der Waals surface area contributed by atoms with Crippen LogP contribution in [0.2, 0.25) is 39.0 Å². The molecule has 0 N–H and O–H groups in total. The van der Waals surface area contributed by atoms with Gasteiger partial charge in [-0.25, -0.2) is 0 Å². The van der Waals surface area contributed by atoms with Gasteiger partial charge >= 0.3 is 240 Å². The number of hydrogen-bond donors (Lipinski definition) is 0. The first-order valence-electron chi connectivity index (χ1n) is 28.1. The third kappa shape index (κ3) is 16.0. The van der Waals surface area contributed by atoms with Gasteiger partial charge in [0, 0.05) is 9.75 Å². The van der Waals surface area contributed by atoms with Crippen LogP contribution in [-0.4, -0.2) is 34.5 Å². The van der Waals surface area contributed by atoms with Gasteiger partial charge in [-0.2, -0.15) is 0 Å². The number of rotatable bonds is 29. The van der Waals surface area contributed by atoms with Crippen LogP contribution in [-0.2, 0) is 0 Å². The molecule has 67 heavy (non-hydrogen) atoms. The molecule has 0 spiro atoms. The molecule has 0 saturated heterocycles. The molecule has 0 amide bonds. The molecule has 2 aliphatic heterocycles. The van der Waals surface area contributed by atoms with Crippen molar-refractivity contribution in [1.29, 1.82) is 0 Å². The van der Waals surface area contributed by atoms with Gasteiger partial charge in [0.05, 0.1) is 0 Å². The molecule has 6 rings (SSSR count). The van der Waals surface area contributed by atoms with Crippen molar-refractivity contribution < 1.29 is 0 Å². The second kappa shape index (κ2) is 26.8. The predicted molar refractivity (Wildman–Crippen MR) is 322 cm³/mol. The van der Waals surface area contributed by atoms with Crippen molar-refractivity contribution in [2.45, 2.75) is 232 Å². The number of hydrogen-bond acceptors (Lipinski definition) is 4. The third-order valence-corrected chi connectivity index (χ3v) is 41.1. The summed E-state index contributed by atoms with van der Waals surface area (Å²) in [5, 5.41) is 12.1. The van der Waals surface area contributed by atoms with Gasteiger partial charge in [-0.1, -0.05) is 105 Å². The Kier molecular flexibility index (Phi) is 23.2. The van der Waals surface area contributed by atoms with E-state index in [0.29, 0.717) is 0 Å². The minimum absolute atomic E-state index is 0.844. The molecule has 378 valence electrons. The van der Waals surface area contributed by atoms with E-state index >= 15 is 0 Å². The van der Waals surface area contributed by atoms with E-state index in [1.165, 1.54) is 127 Å². The Morgan fingerprint density at radius 3 is 1.07 bits per heavy atom. The third-order valence-electron chi connectivity index (χ3n) is 16.3. The van der Waals surface area contributed by atoms with Crippen LogP contribution < -0.4 is 23.6 Å². The summed E-state index contributed by atoms with van der Waals surface area (Å²) in [6.07, 6.45) is 22.6. The zero-order chi connectivity index (χ0) is 49.1. The molecule has 0 saturated carbocycles. The van der Waals surface area contributed by atoms with Crippen molar-refractivity contribution in [3.05, 3.63) is 39.9 Å². The molecule has 2 aliphatic rings. The Labute approximate surface area is 438 Å². The summed E-state index contributed by atoms with van der Waals surface area (Å²) < 4.78 is 1.82. The van der Waals surface area contributed by atoms with E-state index < -0.39 is 34.5 Å². The minimum atomic E-state index is -2.10. The number of fused-ring (bicyclic) bond motifs is 6. The first-order chi connectivity index (χ1) is 31.7. The van der Waals surface area contributed by atoms with Crippen molar-refractivity contribution in [3.63, 3.8) is 0 Å². The van der Waals surface area contributed by atoms with Crippen molar-refractivity contribution in [2.75, 3.05) is 0 Å². The molecular formula is C60H102S4Si2Sn. The van der Waals surface area contributed by atoms with E-state index in [0.717, 1.165) is 47.3 Å². The van der Waals surface area contributed by atoms with E-state index in [1.54, 1.807) is 24.4 Å². The first kappa shape index (κ1) is 57.9. The molecule has 4 unspecified atom stereocenters. The van der Waals surface area contributed by atoms with Crippen molar-refractivity contribution in [1.82, 2.24) is 0 Å². The molecule has 7 heteroatoms. The Balaban J connectivity index is 0.000000254. The average molecular weight is 1130 g/mol. The normalized spacial score (nSPS) is 18.0. The number of aryl methyl sites for hydroxylation is 1. The Bertz CT molecular complexity index is 1940. The maximum atomic E-state index is 2.80. The Hall–Kier alpha value is 0.0325. The Morgan fingerprint density at radius 1 is 0.403 bits per heavy atom. The Morgan fingerprint density at radius 2 is 0.731 bits per heavy atom. The van der Waals surface area contributed by atoms with Crippen LogP contribution in [0.4, 0.5) is 0 Å². The fourth-order valence-electron chi connectivity index (χ4n) is 11.7. The van der Waals surface area contributed by atoms with Gasteiger partial charge in [0.25, 0.3) is 0 Å². The molecule has 4 atom stereocenters. The van der Waals surface area contributed by atoms with Gasteiger partial charge in [0.1, 0.15) is 8.07 Å². The SMILES string of the molecule is CC(C)CCCC(C)CC[Si]1(CCC(C)CCCC(C)C)c2ccsc2-c2sccc21.Cc1cc2c(s1)-c1s[c]([Sn]([CH3])([CH3])[CH3])cc1[Si]2(CCC(C)CCCC(C)C)CCC(C)CCCC(C)C. The van der Waals surface area contributed by atoms with Crippen LogP contribution in [0.3, 0.4) is 0 Å². The monoisotopic (exact) mass is 1130 g/mol. The predicted octanol–water partition coefficient (Wildman–Crippen LogP) is 19.0. The standard InChI is InChI=1S/C29H47S2Si.C28H46S2Si.3CH3.Sn/c1-21(2)10-8-12-23(5)15-18-32(19-16-24(6)13-9-11-22(3)4)26-14-17-30-28(26)29-27(32)20-25(7)31-29;1-21(2)9-7-11-23(5)15-19-31(20-16-24(6)12-8-10-22(3)4)25-13-17-29-27(25)28-26(31)14-18-30-28;;;;/h14,20-24H,8-13,15-16,18-19H2,1-7H3;13-14,17-18,21-24H,7-12,15-16,19-20H2,1-6H3;3*1H3;. The zero-order valence-electron chi connectivity index (χ0n) is 46.4. The molecule has 6 heterocycles. The van der Waals surface area contributed by atoms with Crippen LogP contribution in [0.1, 0.15) is 191 Å². The van der Waals surface area contributed by atoms with Gasteiger partial charge in [-0.3, -0.25) is 0 Å². The van der Waals surface area contributed by atoms with E-state index in [2.05, 4.69) is 163 Å². The summed E-state index contributed by atoms with van der Waals surface area (Å²) in [5.41, 5.74) is 0. The van der Waals surface area contributed by atoms with Crippen molar-refractivity contribution >= 4 is 104 Å². The topological polar surface area (TPSA) is 0 Å². The fourth-order valence-corrected chi connectivity index (χ4v) is 36.2. The molecule has 0 nitrogen and oxygen atoms in total. The summed E-state index contributed by atoms with van der Waals surface area (Å²) in [5.74, 6) is 6.86. The average Bonchev–Trinajstić information content (AvgIpc) is 4.09. The second-order valence-electron chi connectivity index (χ2n) is 25.6. The van der Waals surface area contributed by atoms with Crippen LogP contribution in [0, 0.1) is 54.3 Å². The molecule has 4 aromatic rings. The molecule has 0 fully saturated rings. The van der Waals surface area contributed by atoms with E-state index in [4.69, 9.17) is 0 Å². The molecular weight excluding hydrogens is 1020 g/mol. The van der Waals surface area contributed by atoms with Crippen LogP contribution >= 0.6 is 45.3 Å². The summed E-state index contributed by atoms with van der Waals surface area (Å²) >= 11 is 6.27. The summed E-state index contributed by atoms with van der Waals surface area (Å²) in [7, 11) is -3.30. The van der Waals surface area contributed by atoms with Crippen LogP contribution in [0.5, 0.6) is 0 Å². The fraction of sp³-hybridized carbons (Fsp3) is 0.733. The van der Waals surface area contributed by atoms with Crippen LogP contribution in [0.25, 0.3) is 19.5 Å². The van der Waals surface area contributed by atoms with E-state index in [-0.39, 0.29) is 0 Å². The molecule has 0 radical (unpaired) electrons. The molecule has 0 aromatic carbocycles. The van der Waals surface area contributed by atoms with Crippen molar-refractivity contribution in [2.24, 2.45) is 47.3 Å². The van der Waals surface area contributed by atoms with Gasteiger partial charge in [-0.05, 0) is 56.9 Å². The second-order valence-corrected chi connectivity index (χ2v) is 53.6. The molecule has 0 aliphatic carbocycles. The maximum absolute atomic E-state index is 2.80. The van der Waals surface area contributed by atoms with Gasteiger partial charge in [-0.15, -0.1) is 22.7 Å². The van der Waals surface area contributed by atoms with Gasteiger partial charge in [0.2, 0.25) is 0 Å². The number of thiophene rings is 4. The zero-order valence-corrected chi connectivity index (χ0v) is 54.5. The van der Waals surface area contributed by atoms with Gasteiger partial charge < -0.3 is 0 Å². The van der Waals surface area contributed by atoms with E-state index in [9.17, 15) is 0 Å².